The smallest absolute Gasteiger partial charge is 0.243 e. The van der Waals surface area contributed by atoms with Crippen LogP contribution in [0.2, 0.25) is 5.02 Å². The van der Waals surface area contributed by atoms with E-state index in [0.717, 1.165) is 23.6 Å². The molecule has 0 unspecified atom stereocenters. The van der Waals surface area contributed by atoms with Gasteiger partial charge in [-0.25, -0.2) is 12.8 Å². The molecule has 3 aromatic carbocycles. The lowest BCUT2D eigenvalue weighted by Crippen LogP contribution is -2.37. The van der Waals surface area contributed by atoms with E-state index in [0.29, 0.717) is 10.7 Å². The van der Waals surface area contributed by atoms with Gasteiger partial charge in [-0.2, -0.15) is 4.31 Å². The molecule has 0 bridgehead atoms. The Labute approximate surface area is 199 Å². The molecule has 0 aliphatic heterocycles. The average Bonchev–Trinajstić information content (AvgIpc) is 2.80. The molecule has 8 heteroatoms. The number of hydrogen-bond acceptors (Lipinski definition) is 3. The molecular weight excluding hydrogens is 463 g/mol. The van der Waals surface area contributed by atoms with E-state index in [1.165, 1.54) is 48.0 Å². The van der Waals surface area contributed by atoms with E-state index in [9.17, 15) is 17.6 Å². The number of nitrogens with zero attached hydrogens (tertiary/aromatic N) is 1. The van der Waals surface area contributed by atoms with Crippen LogP contribution >= 0.6 is 11.6 Å². The Morgan fingerprint density at radius 3 is 2.30 bits per heavy atom. The number of benzene rings is 3. The van der Waals surface area contributed by atoms with Crippen LogP contribution in [0.4, 0.5) is 10.1 Å². The van der Waals surface area contributed by atoms with Crippen molar-refractivity contribution in [3.05, 3.63) is 94.8 Å². The molecule has 0 aliphatic rings. The third kappa shape index (κ3) is 6.87. The van der Waals surface area contributed by atoms with Gasteiger partial charge in [-0.3, -0.25) is 4.79 Å². The fourth-order valence-corrected chi connectivity index (χ4v) is 4.79. The lowest BCUT2D eigenvalue weighted by Gasteiger charge is -2.22. The third-order valence-electron chi connectivity index (χ3n) is 5.13. The van der Waals surface area contributed by atoms with Crippen LogP contribution in [-0.4, -0.2) is 25.2 Å². The van der Waals surface area contributed by atoms with Crippen LogP contribution in [0.1, 0.15) is 30.9 Å². The Kier molecular flexibility index (Phi) is 8.61. The van der Waals surface area contributed by atoms with E-state index in [1.807, 2.05) is 12.1 Å². The Bertz CT molecular complexity index is 1180. The molecule has 0 saturated carbocycles. The second-order valence-corrected chi connectivity index (χ2v) is 10.0. The maximum atomic E-state index is 14.3. The van der Waals surface area contributed by atoms with Crippen LogP contribution in [0.25, 0.3) is 0 Å². The van der Waals surface area contributed by atoms with Crippen molar-refractivity contribution >= 4 is 33.2 Å². The normalized spacial score (nSPS) is 11.5. The zero-order valence-electron chi connectivity index (χ0n) is 18.3. The molecule has 0 spiro atoms. The highest BCUT2D eigenvalue weighted by molar-refractivity contribution is 7.89. The summed E-state index contributed by atoms with van der Waals surface area (Å²) in [4.78, 5) is 12.7. The highest BCUT2D eigenvalue weighted by Crippen LogP contribution is 2.22. The van der Waals surface area contributed by atoms with E-state index in [1.54, 1.807) is 18.2 Å². The van der Waals surface area contributed by atoms with Crippen molar-refractivity contribution in [2.24, 2.45) is 0 Å². The number of amides is 1. The number of nitrogens with one attached hydrogen (secondary N) is 1. The first-order chi connectivity index (χ1) is 15.8. The number of anilines is 1. The Hall–Kier alpha value is -2.74. The molecule has 5 nitrogen and oxygen atoms in total. The van der Waals surface area contributed by atoms with Gasteiger partial charge in [0, 0.05) is 22.8 Å². The molecule has 0 aromatic heterocycles. The largest absolute Gasteiger partial charge is 0.325 e. The molecule has 0 heterocycles. The van der Waals surface area contributed by atoms with Crippen LogP contribution in [0.15, 0.2) is 77.7 Å². The molecule has 3 aromatic rings. The van der Waals surface area contributed by atoms with E-state index < -0.39 is 28.3 Å². The summed E-state index contributed by atoms with van der Waals surface area (Å²) in [6, 6.07) is 19.0. The predicted molar refractivity (Wildman–Crippen MR) is 129 cm³/mol. The number of rotatable bonds is 10. The fraction of sp³-hybridized carbons (Fsp3) is 0.240. The van der Waals surface area contributed by atoms with Crippen molar-refractivity contribution in [1.29, 1.82) is 0 Å². The average molecular weight is 489 g/mol. The van der Waals surface area contributed by atoms with Gasteiger partial charge in [-0.15, -0.1) is 0 Å². The van der Waals surface area contributed by atoms with E-state index >= 15 is 0 Å². The first-order valence-electron chi connectivity index (χ1n) is 10.7. The molecular formula is C25H26ClFN2O3S. The Morgan fingerprint density at radius 2 is 1.67 bits per heavy atom. The lowest BCUT2D eigenvalue weighted by molar-refractivity contribution is -0.116. The predicted octanol–water partition coefficient (Wildman–Crippen LogP) is 5.65. The quantitative estimate of drug-likeness (QED) is 0.401. The summed E-state index contributed by atoms with van der Waals surface area (Å²) in [6.45, 7) is 1.36. The molecule has 1 amide bonds. The van der Waals surface area contributed by atoms with E-state index in [2.05, 4.69) is 12.2 Å². The minimum atomic E-state index is -4.09. The number of sulfonamides is 1. The summed E-state index contributed by atoms with van der Waals surface area (Å²) < 4.78 is 41.8. The van der Waals surface area contributed by atoms with Crippen LogP contribution < -0.4 is 5.32 Å². The van der Waals surface area contributed by atoms with Gasteiger partial charge in [0.2, 0.25) is 15.9 Å². The van der Waals surface area contributed by atoms with E-state index in [-0.39, 0.29) is 17.0 Å². The molecule has 174 valence electrons. The van der Waals surface area contributed by atoms with Gasteiger partial charge in [0.15, 0.2) is 0 Å². The summed E-state index contributed by atoms with van der Waals surface area (Å²) in [5.41, 5.74) is 1.90. The van der Waals surface area contributed by atoms with Crippen molar-refractivity contribution in [2.75, 3.05) is 11.9 Å². The topological polar surface area (TPSA) is 66.5 Å². The highest BCUT2D eigenvalue weighted by Gasteiger charge is 2.27. The van der Waals surface area contributed by atoms with Gasteiger partial charge in [-0.05, 0) is 60.9 Å². The maximum absolute atomic E-state index is 14.3. The molecule has 0 atom stereocenters. The van der Waals surface area contributed by atoms with Gasteiger partial charge in [0.25, 0.3) is 0 Å². The summed E-state index contributed by atoms with van der Waals surface area (Å²) in [7, 11) is -4.09. The van der Waals surface area contributed by atoms with Gasteiger partial charge >= 0.3 is 0 Å². The SMILES string of the molecule is CCCCc1ccc(NC(=O)CN(Cc2ccccc2F)S(=O)(=O)c2ccc(Cl)cc2)cc1. The second-order valence-electron chi connectivity index (χ2n) is 7.67. The molecule has 0 fully saturated rings. The zero-order chi connectivity index (χ0) is 23.8. The molecule has 0 radical (unpaired) electrons. The number of hydrogen-bond donors (Lipinski definition) is 1. The van der Waals surface area contributed by atoms with Crippen LogP contribution in [0.3, 0.4) is 0 Å². The minimum absolute atomic E-state index is 0.0312. The monoisotopic (exact) mass is 488 g/mol. The van der Waals surface area contributed by atoms with Crippen molar-refractivity contribution in [3.8, 4) is 0 Å². The highest BCUT2D eigenvalue weighted by atomic mass is 35.5. The number of aryl methyl sites for hydroxylation is 1. The summed E-state index contributed by atoms with van der Waals surface area (Å²) in [6.07, 6.45) is 3.14. The van der Waals surface area contributed by atoms with Gasteiger partial charge < -0.3 is 5.32 Å². The minimum Gasteiger partial charge on any atom is -0.325 e. The summed E-state index contributed by atoms with van der Waals surface area (Å²) in [5, 5.41) is 3.11. The van der Waals surface area contributed by atoms with Crippen LogP contribution in [-0.2, 0) is 27.8 Å². The van der Waals surface area contributed by atoms with Crippen molar-refractivity contribution in [2.45, 2.75) is 37.6 Å². The molecule has 0 saturated heterocycles. The standard InChI is InChI=1S/C25H26ClFN2O3S/c1-2-3-6-19-9-13-22(14-10-19)28-25(30)18-29(17-20-7-4-5-8-24(20)27)33(31,32)23-15-11-21(26)12-16-23/h4-5,7-16H,2-3,6,17-18H2,1H3,(H,28,30). The summed E-state index contributed by atoms with van der Waals surface area (Å²) >= 11 is 5.88. The van der Waals surface area contributed by atoms with Crippen molar-refractivity contribution in [3.63, 3.8) is 0 Å². The molecule has 3 rings (SSSR count). The van der Waals surface area contributed by atoms with Crippen LogP contribution in [0, 0.1) is 5.82 Å². The fourth-order valence-electron chi connectivity index (χ4n) is 3.29. The second kappa shape index (κ2) is 11.4. The van der Waals surface area contributed by atoms with Crippen LogP contribution in [0.5, 0.6) is 0 Å². The first kappa shape index (κ1) is 24.9. The Balaban J connectivity index is 1.80. The number of halogens is 2. The van der Waals surface area contributed by atoms with Crippen molar-refractivity contribution < 1.29 is 17.6 Å². The Morgan fingerprint density at radius 1 is 1.00 bits per heavy atom. The maximum Gasteiger partial charge on any atom is 0.243 e. The van der Waals surface area contributed by atoms with Crippen molar-refractivity contribution in [1.82, 2.24) is 4.31 Å². The zero-order valence-corrected chi connectivity index (χ0v) is 19.9. The number of carbonyl (C=O) groups excluding carboxylic acids is 1. The van der Waals surface area contributed by atoms with Gasteiger partial charge in [0.05, 0.1) is 11.4 Å². The molecule has 1 N–H and O–H groups in total. The van der Waals surface area contributed by atoms with Gasteiger partial charge in [-0.1, -0.05) is 55.3 Å². The van der Waals surface area contributed by atoms with Gasteiger partial charge in [0.1, 0.15) is 5.82 Å². The molecule has 33 heavy (non-hydrogen) atoms. The lowest BCUT2D eigenvalue weighted by atomic mass is 10.1. The number of unbranched alkanes of at least 4 members (excludes halogenated alkanes) is 1. The summed E-state index contributed by atoms with van der Waals surface area (Å²) in [5.74, 6) is -1.07. The van der Waals surface area contributed by atoms with E-state index in [4.69, 9.17) is 11.6 Å². The third-order valence-corrected chi connectivity index (χ3v) is 7.19. The number of carbonyl (C=O) groups is 1. The first-order valence-corrected chi connectivity index (χ1v) is 12.5. The molecule has 0 aliphatic carbocycles.